The monoisotopic (exact) mass is 122 g/mol. The molecule has 0 aliphatic rings. The Hall–Kier alpha value is 0.780. The zero-order valence-corrected chi connectivity index (χ0v) is 6.30. The molecule has 0 nitrogen and oxygen atoms in total. The van der Waals surface area contributed by atoms with Crippen molar-refractivity contribution in [1.29, 1.82) is 0 Å². The highest BCUT2D eigenvalue weighted by molar-refractivity contribution is 8.49. The summed E-state index contributed by atoms with van der Waals surface area (Å²) in [4.78, 5) is 0. The van der Waals surface area contributed by atoms with Gasteiger partial charge in [0.25, 0.3) is 0 Å². The fourth-order valence-corrected chi connectivity index (χ4v) is 2.12. The largest absolute Gasteiger partial charge is 0.135 e. The van der Waals surface area contributed by atoms with Crippen LogP contribution in [0, 0.1) is 0 Å². The van der Waals surface area contributed by atoms with E-state index in [1.165, 1.54) is 0 Å². The van der Waals surface area contributed by atoms with Crippen molar-refractivity contribution in [1.82, 2.24) is 0 Å². The van der Waals surface area contributed by atoms with Crippen LogP contribution in [0.25, 0.3) is 0 Å². The zero-order chi connectivity index (χ0) is 4.99. The lowest BCUT2D eigenvalue weighted by Gasteiger charge is -1.96. The van der Waals surface area contributed by atoms with Crippen LogP contribution in [0.4, 0.5) is 0 Å². The molecule has 1 atom stereocenters. The van der Waals surface area contributed by atoms with Gasteiger partial charge in [0, 0.05) is 5.25 Å². The van der Waals surface area contributed by atoms with Crippen LogP contribution in [0.3, 0.4) is 0 Å². The van der Waals surface area contributed by atoms with Gasteiger partial charge in [0.2, 0.25) is 0 Å². The fraction of sp³-hybridized carbons (Fsp3) is 1.00. The molecule has 0 saturated carbocycles. The summed E-state index contributed by atoms with van der Waals surface area (Å²) in [6.45, 7) is 6.66. The molecule has 0 aromatic rings. The van der Waals surface area contributed by atoms with Gasteiger partial charge in [0.05, 0.1) is 0 Å². The third-order valence-corrected chi connectivity index (χ3v) is 3.18. The van der Waals surface area contributed by atoms with Crippen LogP contribution in [0.15, 0.2) is 0 Å². The second-order valence-corrected chi connectivity index (χ2v) is 4.89. The predicted molar refractivity (Wildman–Crippen MR) is 37.0 cm³/mol. The lowest BCUT2D eigenvalue weighted by molar-refractivity contribution is 1.12. The maximum atomic E-state index is 2.22. The van der Waals surface area contributed by atoms with Crippen LogP contribution in [-0.4, -0.2) is 11.9 Å². The molecule has 38 valence electrons. The molecule has 0 spiro atoms. The van der Waals surface area contributed by atoms with Gasteiger partial charge < -0.3 is 0 Å². The Kier molecular flexibility index (Phi) is 4.47. The molecule has 2 heteroatoms. The Bertz CT molecular complexity index is 28.7. The van der Waals surface area contributed by atoms with E-state index in [0.717, 1.165) is 13.0 Å². The smallest absolute Gasteiger partial charge is 0.00292 e. The van der Waals surface area contributed by atoms with E-state index in [1.807, 2.05) is 11.4 Å². The quantitative estimate of drug-likeness (QED) is 0.506. The van der Waals surface area contributed by atoms with Crippen molar-refractivity contribution >= 4 is 19.2 Å². The van der Waals surface area contributed by atoms with Crippen LogP contribution >= 0.6 is 19.2 Å². The molecule has 0 N–H and O–H groups in total. The molecule has 0 fully saturated rings. The van der Waals surface area contributed by atoms with Crippen LogP contribution in [0.1, 0.15) is 13.8 Å². The minimum atomic E-state index is 0.827. The first-order valence-corrected chi connectivity index (χ1v) is 5.20. The van der Waals surface area contributed by atoms with Crippen molar-refractivity contribution in [2.45, 2.75) is 19.1 Å². The van der Waals surface area contributed by atoms with E-state index < -0.39 is 0 Å². The molecular formula is C4H11PS. The summed E-state index contributed by atoms with van der Waals surface area (Å²) in [5.41, 5.74) is 0. The second kappa shape index (κ2) is 3.95. The topological polar surface area (TPSA) is 0 Å². The number of hydrogen-bond donors (Lipinski definition) is 0. The molecule has 0 saturated heterocycles. The summed E-state index contributed by atoms with van der Waals surface area (Å²) in [7, 11) is 1.05. The third-order valence-electron chi connectivity index (χ3n) is 0.354. The highest BCUT2D eigenvalue weighted by Gasteiger charge is 1.85. The average molecular weight is 122 g/mol. The molecule has 0 bridgehead atoms. The maximum Gasteiger partial charge on any atom is 0.00292 e. The number of hydrogen-bond acceptors (Lipinski definition) is 1. The van der Waals surface area contributed by atoms with E-state index in [0.29, 0.717) is 0 Å². The molecular weight excluding hydrogens is 111 g/mol. The average Bonchev–Trinajstić information content (AvgIpc) is 1.35. The minimum Gasteiger partial charge on any atom is -0.135 e. The first-order valence-electron chi connectivity index (χ1n) is 2.09. The van der Waals surface area contributed by atoms with Crippen LogP contribution in [0.5, 0.6) is 0 Å². The molecule has 0 rings (SSSR count). The van der Waals surface area contributed by atoms with Crippen molar-refractivity contribution in [2.75, 3.05) is 6.66 Å². The second-order valence-electron chi connectivity index (χ2n) is 1.37. The lowest BCUT2D eigenvalue weighted by atomic mass is 10.6. The predicted octanol–water partition coefficient (Wildman–Crippen LogP) is 2.35. The van der Waals surface area contributed by atoms with Crippen molar-refractivity contribution < 1.29 is 0 Å². The van der Waals surface area contributed by atoms with E-state index in [4.69, 9.17) is 0 Å². The molecule has 1 unspecified atom stereocenters. The fourth-order valence-electron chi connectivity index (χ4n) is 0.236. The summed E-state index contributed by atoms with van der Waals surface area (Å²) >= 11 is 2.01. The highest BCUT2D eigenvalue weighted by atomic mass is 32.7. The van der Waals surface area contributed by atoms with Gasteiger partial charge in [-0.05, 0) is 6.66 Å². The van der Waals surface area contributed by atoms with Crippen LogP contribution in [-0.2, 0) is 0 Å². The SMILES string of the molecule is CPSC(C)C. The Morgan fingerprint density at radius 1 is 1.50 bits per heavy atom. The first-order chi connectivity index (χ1) is 2.77. The molecule has 0 aliphatic heterocycles. The van der Waals surface area contributed by atoms with Gasteiger partial charge in [0.1, 0.15) is 0 Å². The Balaban J connectivity index is 2.63. The third kappa shape index (κ3) is 4.78. The molecule has 0 aromatic heterocycles. The zero-order valence-electron chi connectivity index (χ0n) is 4.49. The first kappa shape index (κ1) is 6.78. The summed E-state index contributed by atoms with van der Waals surface area (Å²) in [6, 6.07) is 0. The molecule has 6 heavy (non-hydrogen) atoms. The molecule has 0 aromatic carbocycles. The number of rotatable bonds is 2. The minimum absolute atomic E-state index is 0.827. The van der Waals surface area contributed by atoms with Crippen molar-refractivity contribution in [3.63, 3.8) is 0 Å². The summed E-state index contributed by atoms with van der Waals surface area (Å²) < 4.78 is 0. The molecule has 0 aliphatic carbocycles. The molecule has 0 amide bonds. The van der Waals surface area contributed by atoms with Gasteiger partial charge >= 0.3 is 0 Å². The van der Waals surface area contributed by atoms with Crippen LogP contribution in [0.2, 0.25) is 0 Å². The Morgan fingerprint density at radius 3 is 2.00 bits per heavy atom. The van der Waals surface area contributed by atoms with Gasteiger partial charge in [0.15, 0.2) is 0 Å². The molecule has 0 radical (unpaired) electrons. The van der Waals surface area contributed by atoms with Crippen molar-refractivity contribution in [2.24, 2.45) is 0 Å². The van der Waals surface area contributed by atoms with E-state index in [2.05, 4.69) is 20.5 Å². The van der Waals surface area contributed by atoms with Gasteiger partial charge in [-0.2, -0.15) is 0 Å². The normalized spacial score (nSPS) is 12.0. The van der Waals surface area contributed by atoms with E-state index in [9.17, 15) is 0 Å². The lowest BCUT2D eigenvalue weighted by Crippen LogP contribution is -1.77. The van der Waals surface area contributed by atoms with Gasteiger partial charge in [-0.15, -0.1) is 11.4 Å². The standard InChI is InChI=1S/C4H11PS/c1-4(2)6-5-3/h4-5H,1-3H3. The van der Waals surface area contributed by atoms with Crippen molar-refractivity contribution in [3.05, 3.63) is 0 Å². The maximum absolute atomic E-state index is 2.22. The highest BCUT2D eigenvalue weighted by Crippen LogP contribution is 2.28. The van der Waals surface area contributed by atoms with Gasteiger partial charge in [-0.1, -0.05) is 21.6 Å². The summed E-state index contributed by atoms with van der Waals surface area (Å²) in [5.74, 6) is 0. The van der Waals surface area contributed by atoms with Gasteiger partial charge in [-0.3, -0.25) is 0 Å². The van der Waals surface area contributed by atoms with E-state index >= 15 is 0 Å². The summed E-state index contributed by atoms with van der Waals surface area (Å²) in [5, 5.41) is 0.827. The van der Waals surface area contributed by atoms with Gasteiger partial charge in [-0.25, -0.2) is 0 Å². The Morgan fingerprint density at radius 2 is 2.00 bits per heavy atom. The van der Waals surface area contributed by atoms with Crippen LogP contribution < -0.4 is 0 Å². The Labute approximate surface area is 45.6 Å². The van der Waals surface area contributed by atoms with E-state index in [-0.39, 0.29) is 0 Å². The summed E-state index contributed by atoms with van der Waals surface area (Å²) in [6.07, 6.45) is 0. The van der Waals surface area contributed by atoms with E-state index in [1.54, 1.807) is 0 Å². The van der Waals surface area contributed by atoms with Crippen molar-refractivity contribution in [3.8, 4) is 0 Å². The molecule has 0 heterocycles.